The van der Waals surface area contributed by atoms with Crippen molar-refractivity contribution in [1.82, 2.24) is 4.98 Å². The fourth-order valence-corrected chi connectivity index (χ4v) is 3.10. The first-order chi connectivity index (χ1) is 9.25. The zero-order valence-corrected chi connectivity index (χ0v) is 11.5. The minimum Gasteiger partial charge on any atom is -0.361 e. The molecule has 3 rings (SSSR count). The van der Waals surface area contributed by atoms with Gasteiger partial charge in [-0.25, -0.2) is 0 Å². The molecule has 2 heterocycles. The van der Waals surface area contributed by atoms with Crippen LogP contribution in [0.1, 0.15) is 34.5 Å². The molecule has 0 fully saturated rings. The van der Waals surface area contributed by atoms with Crippen molar-refractivity contribution in [2.24, 2.45) is 0 Å². The third-order valence-electron chi connectivity index (χ3n) is 3.44. The van der Waals surface area contributed by atoms with Crippen LogP contribution in [0.4, 0.5) is 0 Å². The summed E-state index contributed by atoms with van der Waals surface area (Å²) >= 11 is 1.52. The van der Waals surface area contributed by atoms with Crippen molar-refractivity contribution in [3.05, 3.63) is 58.4 Å². The zero-order chi connectivity index (χ0) is 13.2. The van der Waals surface area contributed by atoms with Crippen LogP contribution in [-0.2, 0) is 0 Å². The number of H-pyrrole nitrogens is 1. The number of ketones is 1. The van der Waals surface area contributed by atoms with E-state index in [9.17, 15) is 4.79 Å². The van der Waals surface area contributed by atoms with Gasteiger partial charge in [-0.1, -0.05) is 31.2 Å². The average Bonchev–Trinajstić information content (AvgIpc) is 3.08. The van der Waals surface area contributed by atoms with Crippen LogP contribution in [0.5, 0.6) is 0 Å². The third-order valence-corrected chi connectivity index (χ3v) is 4.35. The number of fused-ring (bicyclic) bond motifs is 1. The minimum atomic E-state index is 0.228. The zero-order valence-electron chi connectivity index (χ0n) is 10.7. The van der Waals surface area contributed by atoms with E-state index in [2.05, 4.69) is 24.0 Å². The first-order valence-corrected chi connectivity index (χ1v) is 7.26. The van der Waals surface area contributed by atoms with Crippen LogP contribution in [0.25, 0.3) is 10.9 Å². The van der Waals surface area contributed by atoms with Crippen LogP contribution >= 0.6 is 11.3 Å². The maximum absolute atomic E-state index is 12.1. The molecule has 0 bridgehead atoms. The molecule has 0 spiro atoms. The summed E-state index contributed by atoms with van der Waals surface area (Å²) in [6, 6.07) is 12.0. The monoisotopic (exact) mass is 269 g/mol. The second kappa shape index (κ2) is 5.02. The van der Waals surface area contributed by atoms with Crippen molar-refractivity contribution in [2.75, 3.05) is 0 Å². The molecule has 0 unspecified atom stereocenters. The van der Waals surface area contributed by atoms with Gasteiger partial charge in [-0.3, -0.25) is 4.79 Å². The lowest BCUT2D eigenvalue weighted by Crippen LogP contribution is -2.03. The number of nitrogens with one attached hydrogen (secondary N) is 1. The quantitative estimate of drug-likeness (QED) is 0.689. The predicted molar refractivity (Wildman–Crippen MR) is 80.0 cm³/mol. The van der Waals surface area contributed by atoms with E-state index in [1.807, 2.05) is 35.8 Å². The molecule has 1 N–H and O–H groups in total. The van der Waals surface area contributed by atoms with Gasteiger partial charge in [-0.15, -0.1) is 11.3 Å². The molecule has 1 aromatic carbocycles. The molecular weight excluding hydrogens is 254 g/mol. The van der Waals surface area contributed by atoms with Crippen LogP contribution in [-0.4, -0.2) is 10.8 Å². The summed E-state index contributed by atoms with van der Waals surface area (Å²) < 4.78 is 0. The fourth-order valence-electron chi connectivity index (χ4n) is 2.43. The number of hydrogen-bond donors (Lipinski definition) is 1. The maximum Gasteiger partial charge on any atom is 0.173 e. The summed E-state index contributed by atoms with van der Waals surface area (Å²) in [5.41, 5.74) is 2.36. The highest BCUT2D eigenvalue weighted by molar-refractivity contribution is 7.12. The van der Waals surface area contributed by atoms with Crippen LogP contribution in [0.3, 0.4) is 0 Å². The number of aromatic nitrogens is 1. The Labute approximate surface area is 116 Å². The molecule has 2 aromatic heterocycles. The van der Waals surface area contributed by atoms with E-state index in [0.29, 0.717) is 6.42 Å². The molecule has 1 atom stereocenters. The summed E-state index contributed by atoms with van der Waals surface area (Å²) in [6.45, 7) is 2.11. The minimum absolute atomic E-state index is 0.228. The molecule has 0 aliphatic heterocycles. The first kappa shape index (κ1) is 12.2. The normalized spacial score (nSPS) is 12.7. The van der Waals surface area contributed by atoms with Gasteiger partial charge in [0.05, 0.1) is 4.88 Å². The second-order valence-electron chi connectivity index (χ2n) is 4.80. The molecule has 0 amide bonds. The molecular formula is C16H15NOS. The lowest BCUT2D eigenvalue weighted by molar-refractivity contribution is 0.0980. The smallest absolute Gasteiger partial charge is 0.173 e. The van der Waals surface area contributed by atoms with Gasteiger partial charge in [0.15, 0.2) is 5.78 Å². The molecule has 0 radical (unpaired) electrons. The summed E-state index contributed by atoms with van der Waals surface area (Å²) in [6.07, 6.45) is 2.58. The lowest BCUT2D eigenvalue weighted by Gasteiger charge is -2.09. The van der Waals surface area contributed by atoms with Gasteiger partial charge >= 0.3 is 0 Å². The van der Waals surface area contributed by atoms with E-state index in [1.165, 1.54) is 22.3 Å². The van der Waals surface area contributed by atoms with E-state index in [-0.39, 0.29) is 11.7 Å². The second-order valence-corrected chi connectivity index (χ2v) is 5.74. The number of hydrogen-bond acceptors (Lipinski definition) is 2. The Balaban J connectivity index is 1.84. The molecule has 0 aliphatic rings. The number of thiophene rings is 1. The Hall–Kier alpha value is -1.87. The largest absolute Gasteiger partial charge is 0.361 e. The average molecular weight is 269 g/mol. The molecule has 2 nitrogen and oxygen atoms in total. The molecule has 0 aliphatic carbocycles. The topological polar surface area (TPSA) is 32.9 Å². The highest BCUT2D eigenvalue weighted by Crippen LogP contribution is 2.29. The highest BCUT2D eigenvalue weighted by Gasteiger charge is 2.16. The van der Waals surface area contributed by atoms with Crippen LogP contribution in [0.15, 0.2) is 48.0 Å². The van der Waals surface area contributed by atoms with Crippen molar-refractivity contribution >= 4 is 28.0 Å². The fraction of sp³-hybridized carbons (Fsp3) is 0.188. The van der Waals surface area contributed by atoms with Crippen molar-refractivity contribution in [3.63, 3.8) is 0 Å². The third kappa shape index (κ3) is 2.34. The van der Waals surface area contributed by atoms with Gasteiger partial charge in [0.2, 0.25) is 0 Å². The maximum atomic E-state index is 12.1. The van der Waals surface area contributed by atoms with Crippen LogP contribution in [0.2, 0.25) is 0 Å². The van der Waals surface area contributed by atoms with Crippen molar-refractivity contribution < 1.29 is 4.79 Å². The summed E-state index contributed by atoms with van der Waals surface area (Å²) in [5.74, 6) is 0.457. The van der Waals surface area contributed by atoms with Gasteiger partial charge in [0, 0.05) is 23.5 Å². The van der Waals surface area contributed by atoms with Crippen LogP contribution in [0, 0.1) is 0 Å². The van der Waals surface area contributed by atoms with E-state index in [0.717, 1.165) is 10.4 Å². The predicted octanol–water partition coefficient (Wildman–Crippen LogP) is 4.61. The summed E-state index contributed by atoms with van der Waals surface area (Å²) in [5, 5.41) is 3.16. The SMILES string of the molecule is C[C@@H](CC(=O)c1cccs1)c1c[nH]c2ccccc12. The van der Waals surface area contributed by atoms with Crippen molar-refractivity contribution in [2.45, 2.75) is 19.3 Å². The lowest BCUT2D eigenvalue weighted by atomic mass is 9.95. The number of carbonyl (C=O) groups is 1. The molecule has 3 aromatic rings. The molecule has 3 heteroatoms. The van der Waals surface area contributed by atoms with Crippen molar-refractivity contribution in [3.8, 4) is 0 Å². The summed E-state index contributed by atoms with van der Waals surface area (Å²) in [7, 11) is 0. The van der Waals surface area contributed by atoms with Crippen LogP contribution < -0.4 is 0 Å². The molecule has 0 saturated heterocycles. The van der Waals surface area contributed by atoms with E-state index >= 15 is 0 Å². The number of aromatic amines is 1. The van der Waals surface area contributed by atoms with Gasteiger partial charge < -0.3 is 4.98 Å². The Bertz CT molecular complexity index is 696. The number of Topliss-reactive ketones (excluding diaryl/α,β-unsaturated/α-hetero) is 1. The van der Waals surface area contributed by atoms with Gasteiger partial charge in [0.1, 0.15) is 0 Å². The van der Waals surface area contributed by atoms with Gasteiger partial charge in [-0.2, -0.15) is 0 Å². The molecule has 96 valence electrons. The Morgan fingerprint density at radius 2 is 2.11 bits per heavy atom. The van der Waals surface area contributed by atoms with Gasteiger partial charge in [0.25, 0.3) is 0 Å². The highest BCUT2D eigenvalue weighted by atomic mass is 32.1. The number of para-hydroxylation sites is 1. The first-order valence-electron chi connectivity index (χ1n) is 6.38. The molecule has 0 saturated carbocycles. The number of benzene rings is 1. The standard InChI is InChI=1S/C16H15NOS/c1-11(9-15(18)16-7-4-8-19-16)13-10-17-14-6-3-2-5-12(13)14/h2-8,10-11,17H,9H2,1H3/t11-/m0/s1. The van der Waals surface area contributed by atoms with E-state index in [1.54, 1.807) is 0 Å². The van der Waals surface area contributed by atoms with E-state index < -0.39 is 0 Å². The number of carbonyl (C=O) groups excluding carboxylic acids is 1. The van der Waals surface area contributed by atoms with E-state index in [4.69, 9.17) is 0 Å². The Morgan fingerprint density at radius 3 is 2.89 bits per heavy atom. The Kier molecular flexibility index (Phi) is 3.22. The summed E-state index contributed by atoms with van der Waals surface area (Å²) in [4.78, 5) is 16.3. The van der Waals surface area contributed by atoms with Crippen molar-refractivity contribution in [1.29, 1.82) is 0 Å². The Morgan fingerprint density at radius 1 is 1.26 bits per heavy atom. The molecule has 19 heavy (non-hydrogen) atoms. The van der Waals surface area contributed by atoms with Gasteiger partial charge in [-0.05, 0) is 29.0 Å². The number of rotatable bonds is 4.